The first-order valence-electron chi connectivity index (χ1n) is 6.89. The van der Waals surface area contributed by atoms with E-state index in [0.717, 1.165) is 23.8 Å². The quantitative estimate of drug-likeness (QED) is 0.716. The number of hydrogen-bond donors (Lipinski definition) is 1. The largest absolute Gasteiger partial charge is 0.358 e. The zero-order chi connectivity index (χ0) is 12.5. The monoisotopic (exact) mass is 255 g/mol. The Hall–Kier alpha value is -0.640. The van der Waals surface area contributed by atoms with Crippen molar-refractivity contribution in [1.29, 1.82) is 0 Å². The summed E-state index contributed by atoms with van der Waals surface area (Å²) in [5.74, 6) is 0.991. The lowest BCUT2D eigenvalue weighted by atomic mass is 10.1. The van der Waals surface area contributed by atoms with E-state index in [4.69, 9.17) is 0 Å². The van der Waals surface area contributed by atoms with Gasteiger partial charge in [0.25, 0.3) is 0 Å². The van der Waals surface area contributed by atoms with Gasteiger partial charge in [-0.15, -0.1) is 0 Å². The van der Waals surface area contributed by atoms with Crippen molar-refractivity contribution in [3.63, 3.8) is 0 Å². The molecule has 0 saturated carbocycles. The summed E-state index contributed by atoms with van der Waals surface area (Å²) in [6, 6.07) is 0.572. The van der Waals surface area contributed by atoms with Gasteiger partial charge in [0.15, 0.2) is 0 Å². The van der Waals surface area contributed by atoms with E-state index >= 15 is 0 Å². The second kappa shape index (κ2) is 8.45. The van der Waals surface area contributed by atoms with Crippen LogP contribution in [0.4, 0.5) is 5.13 Å². The van der Waals surface area contributed by atoms with Crippen LogP contribution in [0.1, 0.15) is 65.1 Å². The predicted octanol–water partition coefficient (Wildman–Crippen LogP) is 4.26. The maximum atomic E-state index is 4.53. The number of nitrogens with one attached hydrogen (secondary N) is 1. The molecule has 0 aliphatic heterocycles. The fourth-order valence-corrected chi connectivity index (χ4v) is 2.59. The van der Waals surface area contributed by atoms with Gasteiger partial charge in [-0.3, -0.25) is 0 Å². The summed E-state index contributed by atoms with van der Waals surface area (Å²) >= 11 is 1.50. The number of hydrogen-bond acceptors (Lipinski definition) is 4. The van der Waals surface area contributed by atoms with Crippen molar-refractivity contribution in [3.05, 3.63) is 5.82 Å². The fraction of sp³-hybridized carbons (Fsp3) is 0.846. The van der Waals surface area contributed by atoms with Crippen LogP contribution >= 0.6 is 11.5 Å². The summed E-state index contributed by atoms with van der Waals surface area (Å²) in [5.41, 5.74) is 0. The van der Waals surface area contributed by atoms with E-state index in [2.05, 4.69) is 35.4 Å². The van der Waals surface area contributed by atoms with Gasteiger partial charge in [0.1, 0.15) is 5.82 Å². The number of aromatic nitrogens is 2. The fourth-order valence-electron chi connectivity index (χ4n) is 1.90. The van der Waals surface area contributed by atoms with Gasteiger partial charge in [-0.05, 0) is 19.3 Å². The van der Waals surface area contributed by atoms with E-state index in [9.17, 15) is 0 Å². The first-order chi connectivity index (χ1) is 8.30. The normalized spacial score (nSPS) is 12.6. The zero-order valence-corrected chi connectivity index (χ0v) is 12.1. The van der Waals surface area contributed by atoms with Crippen LogP contribution in [0.25, 0.3) is 0 Å². The van der Waals surface area contributed by atoms with Gasteiger partial charge in [0, 0.05) is 24.0 Å². The van der Waals surface area contributed by atoms with Crippen LogP contribution in [0.15, 0.2) is 0 Å². The van der Waals surface area contributed by atoms with Gasteiger partial charge in [-0.2, -0.15) is 4.37 Å². The second-order valence-electron chi connectivity index (χ2n) is 4.54. The molecule has 1 aromatic rings. The Labute approximate surface area is 109 Å². The number of nitrogens with zero attached hydrogens (tertiary/aromatic N) is 2. The molecular weight excluding hydrogens is 230 g/mol. The van der Waals surface area contributed by atoms with E-state index in [1.54, 1.807) is 0 Å². The maximum absolute atomic E-state index is 4.53. The second-order valence-corrected chi connectivity index (χ2v) is 5.29. The first-order valence-corrected chi connectivity index (χ1v) is 7.66. The summed E-state index contributed by atoms with van der Waals surface area (Å²) in [7, 11) is 0. The highest BCUT2D eigenvalue weighted by molar-refractivity contribution is 7.09. The summed E-state index contributed by atoms with van der Waals surface area (Å²) in [5, 5.41) is 4.54. The average Bonchev–Trinajstić information content (AvgIpc) is 2.74. The Morgan fingerprint density at radius 3 is 2.59 bits per heavy atom. The lowest BCUT2D eigenvalue weighted by Crippen LogP contribution is -2.19. The molecule has 4 heteroatoms. The minimum absolute atomic E-state index is 0.572. The third kappa shape index (κ3) is 5.48. The lowest BCUT2D eigenvalue weighted by Gasteiger charge is -2.16. The molecule has 1 unspecified atom stereocenters. The van der Waals surface area contributed by atoms with Crippen molar-refractivity contribution >= 4 is 16.7 Å². The van der Waals surface area contributed by atoms with Crippen molar-refractivity contribution in [3.8, 4) is 0 Å². The Kier molecular flexibility index (Phi) is 7.17. The number of unbranched alkanes of at least 4 members (excludes halogenated alkanes) is 1. The minimum Gasteiger partial charge on any atom is -0.358 e. The lowest BCUT2D eigenvalue weighted by molar-refractivity contribution is 0.564. The summed E-state index contributed by atoms with van der Waals surface area (Å²) in [4.78, 5) is 4.53. The van der Waals surface area contributed by atoms with E-state index in [1.807, 2.05) is 0 Å². The highest BCUT2D eigenvalue weighted by atomic mass is 32.1. The van der Waals surface area contributed by atoms with Crippen LogP contribution in [-0.4, -0.2) is 15.4 Å². The third-order valence-corrected chi connectivity index (χ3v) is 3.50. The summed E-state index contributed by atoms with van der Waals surface area (Å²) < 4.78 is 4.37. The number of aryl methyl sites for hydroxylation is 1. The standard InChI is InChI=1S/C13H25N3S/c1-4-7-10-11(8-5-2)14-13-15-12(9-6-3)16-17-13/h11H,4-10H2,1-3H3,(H,14,15,16). The topological polar surface area (TPSA) is 37.8 Å². The molecule has 1 aromatic heterocycles. The maximum Gasteiger partial charge on any atom is 0.202 e. The molecule has 17 heavy (non-hydrogen) atoms. The SMILES string of the molecule is CCCCC(CCC)Nc1nc(CCC)ns1. The molecule has 3 nitrogen and oxygen atoms in total. The van der Waals surface area contributed by atoms with Gasteiger partial charge in [-0.1, -0.05) is 40.0 Å². The van der Waals surface area contributed by atoms with Crippen LogP contribution in [0, 0.1) is 0 Å². The molecule has 0 aliphatic carbocycles. The molecule has 0 radical (unpaired) electrons. The smallest absolute Gasteiger partial charge is 0.202 e. The van der Waals surface area contributed by atoms with E-state index in [-0.39, 0.29) is 0 Å². The van der Waals surface area contributed by atoms with Gasteiger partial charge in [0.2, 0.25) is 5.13 Å². The molecule has 1 rings (SSSR count). The van der Waals surface area contributed by atoms with Gasteiger partial charge in [0.05, 0.1) is 0 Å². The van der Waals surface area contributed by atoms with Crippen LogP contribution in [0.2, 0.25) is 0 Å². The van der Waals surface area contributed by atoms with Crippen molar-refractivity contribution in [2.75, 3.05) is 5.32 Å². The predicted molar refractivity (Wildman–Crippen MR) is 75.7 cm³/mol. The molecule has 0 aliphatic rings. The van der Waals surface area contributed by atoms with Crippen LogP contribution in [0.5, 0.6) is 0 Å². The molecule has 0 bridgehead atoms. The number of rotatable bonds is 9. The Morgan fingerprint density at radius 2 is 1.94 bits per heavy atom. The third-order valence-electron chi connectivity index (χ3n) is 2.81. The summed E-state index contributed by atoms with van der Waals surface area (Å²) in [6.07, 6.45) is 8.35. The van der Waals surface area contributed by atoms with Gasteiger partial charge in [-0.25, -0.2) is 4.98 Å². The van der Waals surface area contributed by atoms with E-state index < -0.39 is 0 Å². The van der Waals surface area contributed by atoms with Crippen LogP contribution < -0.4 is 5.32 Å². The zero-order valence-electron chi connectivity index (χ0n) is 11.3. The number of anilines is 1. The molecular formula is C13H25N3S. The Bertz CT molecular complexity index is 299. The molecule has 1 heterocycles. The van der Waals surface area contributed by atoms with Gasteiger partial charge >= 0.3 is 0 Å². The van der Waals surface area contributed by atoms with Crippen molar-refractivity contribution in [1.82, 2.24) is 9.36 Å². The molecule has 0 spiro atoms. The van der Waals surface area contributed by atoms with E-state index in [0.29, 0.717) is 6.04 Å². The molecule has 0 fully saturated rings. The highest BCUT2D eigenvalue weighted by Gasteiger charge is 2.10. The minimum atomic E-state index is 0.572. The Balaban J connectivity index is 2.46. The molecule has 0 saturated heterocycles. The van der Waals surface area contributed by atoms with Crippen molar-refractivity contribution in [2.24, 2.45) is 0 Å². The molecule has 0 amide bonds. The van der Waals surface area contributed by atoms with Gasteiger partial charge < -0.3 is 5.32 Å². The molecule has 1 N–H and O–H groups in total. The van der Waals surface area contributed by atoms with E-state index in [1.165, 1.54) is 43.6 Å². The van der Waals surface area contributed by atoms with Crippen LogP contribution in [0.3, 0.4) is 0 Å². The molecule has 98 valence electrons. The first kappa shape index (κ1) is 14.4. The molecule has 0 aromatic carbocycles. The summed E-state index contributed by atoms with van der Waals surface area (Å²) in [6.45, 7) is 6.64. The average molecular weight is 255 g/mol. The van der Waals surface area contributed by atoms with Crippen molar-refractivity contribution in [2.45, 2.75) is 71.8 Å². The molecule has 1 atom stereocenters. The van der Waals surface area contributed by atoms with Crippen LogP contribution in [-0.2, 0) is 6.42 Å². The highest BCUT2D eigenvalue weighted by Crippen LogP contribution is 2.17. The van der Waals surface area contributed by atoms with Crippen molar-refractivity contribution < 1.29 is 0 Å². The Morgan fingerprint density at radius 1 is 1.12 bits per heavy atom.